The summed E-state index contributed by atoms with van der Waals surface area (Å²) < 4.78 is 16.0. The molecule has 1 aromatic carbocycles. The summed E-state index contributed by atoms with van der Waals surface area (Å²) in [5, 5.41) is 2.89. The number of methoxy groups -OCH3 is 2. The van der Waals surface area contributed by atoms with Gasteiger partial charge in [0.15, 0.2) is 0 Å². The highest BCUT2D eigenvalue weighted by atomic mass is 16.5. The molecule has 0 heterocycles. The Bertz CT molecular complexity index is 422. The quantitative estimate of drug-likeness (QED) is 0.712. The molecule has 0 bridgehead atoms. The minimum Gasteiger partial charge on any atom is -0.496 e. The minimum absolute atomic E-state index is 0.0851. The zero-order chi connectivity index (χ0) is 15.7. The highest BCUT2D eigenvalue weighted by Crippen LogP contribution is 2.27. The number of amides is 1. The second-order valence-corrected chi connectivity index (χ2v) is 4.70. The average Bonchev–Trinajstić information content (AvgIpc) is 2.52. The van der Waals surface area contributed by atoms with Crippen LogP contribution in [0.3, 0.4) is 0 Å². The molecule has 1 N–H and O–H groups in total. The molecule has 1 aromatic rings. The minimum atomic E-state index is 0.0851. The summed E-state index contributed by atoms with van der Waals surface area (Å²) in [5.74, 6) is 2.17. The molecule has 0 aliphatic carbocycles. The van der Waals surface area contributed by atoms with Crippen molar-refractivity contribution in [2.75, 3.05) is 27.4 Å². The van der Waals surface area contributed by atoms with Crippen molar-refractivity contribution in [2.45, 2.75) is 26.7 Å². The lowest BCUT2D eigenvalue weighted by Gasteiger charge is -2.14. The molecule has 1 rings (SSSR count). The molecule has 0 atom stereocenters. The summed E-state index contributed by atoms with van der Waals surface area (Å²) in [6.45, 7) is 4.93. The second kappa shape index (κ2) is 9.10. The van der Waals surface area contributed by atoms with E-state index in [1.54, 1.807) is 32.4 Å². The molecule has 0 aliphatic rings. The van der Waals surface area contributed by atoms with Crippen LogP contribution in [0.2, 0.25) is 0 Å². The van der Waals surface area contributed by atoms with Gasteiger partial charge in [0, 0.05) is 24.1 Å². The van der Waals surface area contributed by atoms with Crippen LogP contribution in [0, 0.1) is 5.92 Å². The van der Waals surface area contributed by atoms with E-state index in [0.29, 0.717) is 30.4 Å². The first-order valence-electron chi connectivity index (χ1n) is 7.28. The largest absolute Gasteiger partial charge is 0.496 e. The first-order chi connectivity index (χ1) is 10.1. The van der Waals surface area contributed by atoms with Gasteiger partial charge in [0.1, 0.15) is 23.9 Å². The van der Waals surface area contributed by atoms with Gasteiger partial charge in [-0.05, 0) is 12.8 Å². The lowest BCUT2D eigenvalue weighted by molar-refractivity contribution is -0.125. The Morgan fingerprint density at radius 1 is 1.05 bits per heavy atom. The van der Waals surface area contributed by atoms with Crippen molar-refractivity contribution in [3.8, 4) is 17.2 Å². The molecule has 0 saturated heterocycles. The van der Waals surface area contributed by atoms with Crippen LogP contribution in [0.4, 0.5) is 0 Å². The summed E-state index contributed by atoms with van der Waals surface area (Å²) in [4.78, 5) is 11.8. The average molecular weight is 295 g/mol. The van der Waals surface area contributed by atoms with Crippen molar-refractivity contribution in [3.05, 3.63) is 18.2 Å². The van der Waals surface area contributed by atoms with Gasteiger partial charge in [0.2, 0.25) is 5.91 Å². The molecule has 0 radical (unpaired) electrons. The molecular formula is C16H25NO4. The van der Waals surface area contributed by atoms with Crippen LogP contribution in [0.5, 0.6) is 17.2 Å². The Labute approximate surface area is 126 Å². The summed E-state index contributed by atoms with van der Waals surface area (Å²) in [6, 6.07) is 5.35. The zero-order valence-corrected chi connectivity index (χ0v) is 13.3. The van der Waals surface area contributed by atoms with Gasteiger partial charge in [0.05, 0.1) is 20.8 Å². The number of ether oxygens (including phenoxy) is 3. The molecule has 0 aromatic heterocycles. The van der Waals surface area contributed by atoms with Gasteiger partial charge >= 0.3 is 0 Å². The van der Waals surface area contributed by atoms with Gasteiger partial charge in [0.25, 0.3) is 0 Å². The summed E-state index contributed by atoms with van der Waals surface area (Å²) >= 11 is 0. The van der Waals surface area contributed by atoms with E-state index in [1.165, 1.54) is 0 Å². The Morgan fingerprint density at radius 2 is 1.57 bits per heavy atom. The van der Waals surface area contributed by atoms with Crippen molar-refractivity contribution in [1.82, 2.24) is 5.32 Å². The van der Waals surface area contributed by atoms with E-state index in [0.717, 1.165) is 12.8 Å². The Kier molecular flexibility index (Phi) is 7.43. The third-order valence-corrected chi connectivity index (χ3v) is 3.35. The van der Waals surface area contributed by atoms with Crippen molar-refractivity contribution in [3.63, 3.8) is 0 Å². The van der Waals surface area contributed by atoms with E-state index < -0.39 is 0 Å². The van der Waals surface area contributed by atoms with Gasteiger partial charge in [-0.1, -0.05) is 13.8 Å². The maximum atomic E-state index is 11.8. The number of hydrogen-bond acceptors (Lipinski definition) is 4. The topological polar surface area (TPSA) is 56.8 Å². The smallest absolute Gasteiger partial charge is 0.223 e. The zero-order valence-electron chi connectivity index (χ0n) is 13.3. The summed E-state index contributed by atoms with van der Waals surface area (Å²) in [6.07, 6.45) is 1.71. The predicted octanol–water partition coefficient (Wildman–Crippen LogP) is 2.64. The van der Waals surface area contributed by atoms with E-state index in [9.17, 15) is 4.79 Å². The third kappa shape index (κ3) is 5.53. The van der Waals surface area contributed by atoms with E-state index in [4.69, 9.17) is 14.2 Å². The molecule has 21 heavy (non-hydrogen) atoms. The molecule has 5 nitrogen and oxygen atoms in total. The number of hydrogen-bond donors (Lipinski definition) is 1. The molecule has 5 heteroatoms. The van der Waals surface area contributed by atoms with E-state index in [2.05, 4.69) is 5.32 Å². The van der Waals surface area contributed by atoms with Gasteiger partial charge in [-0.15, -0.1) is 0 Å². The van der Waals surface area contributed by atoms with Crippen LogP contribution in [0.25, 0.3) is 0 Å². The molecular weight excluding hydrogens is 270 g/mol. The van der Waals surface area contributed by atoms with Gasteiger partial charge in [-0.25, -0.2) is 0 Å². The van der Waals surface area contributed by atoms with Crippen molar-refractivity contribution in [1.29, 1.82) is 0 Å². The van der Waals surface area contributed by atoms with E-state index >= 15 is 0 Å². The van der Waals surface area contributed by atoms with Crippen molar-refractivity contribution >= 4 is 5.91 Å². The number of carbonyl (C=O) groups excluding carboxylic acids is 1. The van der Waals surface area contributed by atoms with Crippen LogP contribution in [0.15, 0.2) is 18.2 Å². The second-order valence-electron chi connectivity index (χ2n) is 4.70. The highest BCUT2D eigenvalue weighted by molar-refractivity contribution is 5.78. The fourth-order valence-corrected chi connectivity index (χ4v) is 2.01. The van der Waals surface area contributed by atoms with Crippen molar-refractivity contribution in [2.24, 2.45) is 5.92 Å². The fourth-order valence-electron chi connectivity index (χ4n) is 2.01. The maximum Gasteiger partial charge on any atom is 0.223 e. The van der Waals surface area contributed by atoms with E-state index in [1.807, 2.05) is 13.8 Å². The number of nitrogens with one attached hydrogen (secondary N) is 1. The van der Waals surface area contributed by atoms with Crippen LogP contribution in [-0.2, 0) is 4.79 Å². The SMILES string of the molecule is CCC(CC)C(=O)NCCOc1cc(OC)cc(OC)c1. The highest BCUT2D eigenvalue weighted by Gasteiger charge is 2.13. The first-order valence-corrected chi connectivity index (χ1v) is 7.28. The molecule has 1 amide bonds. The molecule has 0 saturated carbocycles. The lowest BCUT2D eigenvalue weighted by Crippen LogP contribution is -2.33. The predicted molar refractivity (Wildman–Crippen MR) is 82.1 cm³/mol. The molecule has 118 valence electrons. The van der Waals surface area contributed by atoms with Crippen LogP contribution >= 0.6 is 0 Å². The summed E-state index contributed by atoms with van der Waals surface area (Å²) in [7, 11) is 3.18. The van der Waals surface area contributed by atoms with Crippen LogP contribution < -0.4 is 19.5 Å². The van der Waals surface area contributed by atoms with Gasteiger partial charge in [-0.3, -0.25) is 4.79 Å². The monoisotopic (exact) mass is 295 g/mol. The lowest BCUT2D eigenvalue weighted by atomic mass is 10.0. The standard InChI is InChI=1S/C16H25NO4/c1-5-12(6-2)16(18)17-7-8-21-15-10-13(19-3)9-14(11-15)20-4/h9-12H,5-8H2,1-4H3,(H,17,18). The van der Waals surface area contributed by atoms with Gasteiger partial charge in [-0.2, -0.15) is 0 Å². The number of carbonyl (C=O) groups is 1. The Balaban J connectivity index is 2.44. The molecule has 0 unspecified atom stereocenters. The summed E-state index contributed by atoms with van der Waals surface area (Å²) in [5.41, 5.74) is 0. The fraction of sp³-hybridized carbons (Fsp3) is 0.562. The Hall–Kier alpha value is -1.91. The van der Waals surface area contributed by atoms with E-state index in [-0.39, 0.29) is 11.8 Å². The Morgan fingerprint density at radius 3 is 2.05 bits per heavy atom. The van der Waals surface area contributed by atoms with Gasteiger partial charge < -0.3 is 19.5 Å². The molecule has 0 fully saturated rings. The number of benzene rings is 1. The first kappa shape index (κ1) is 17.1. The van der Waals surface area contributed by atoms with Crippen LogP contribution in [0.1, 0.15) is 26.7 Å². The van der Waals surface area contributed by atoms with Crippen molar-refractivity contribution < 1.29 is 19.0 Å². The third-order valence-electron chi connectivity index (χ3n) is 3.35. The normalized spacial score (nSPS) is 10.3. The molecule has 0 aliphatic heterocycles. The van der Waals surface area contributed by atoms with Crippen LogP contribution in [-0.4, -0.2) is 33.3 Å². The maximum absolute atomic E-state index is 11.8. The number of rotatable bonds is 9. The molecule has 0 spiro atoms.